The molecule has 0 saturated carbocycles. The van der Waals surface area contributed by atoms with E-state index in [1.54, 1.807) is 19.2 Å². The summed E-state index contributed by atoms with van der Waals surface area (Å²) in [5.41, 5.74) is 3.76. The van der Waals surface area contributed by atoms with Crippen molar-refractivity contribution in [3.05, 3.63) is 83.7 Å². The van der Waals surface area contributed by atoms with Gasteiger partial charge in [0.25, 0.3) is 5.91 Å². The lowest BCUT2D eigenvalue weighted by molar-refractivity contribution is -0.125. The third kappa shape index (κ3) is 6.84. The number of aliphatic hydroxyl groups excluding tert-OH is 1. The Labute approximate surface area is 197 Å². The van der Waals surface area contributed by atoms with E-state index in [4.69, 9.17) is 11.6 Å². The number of nitrogens with zero attached hydrogens (tertiary/aromatic N) is 2. The Bertz CT molecular complexity index is 1110. The number of carbonyl (C=O) groups excluding carboxylic acids is 2. The van der Waals surface area contributed by atoms with Crippen LogP contribution >= 0.6 is 11.6 Å². The van der Waals surface area contributed by atoms with Crippen LogP contribution in [-0.4, -0.2) is 46.1 Å². The highest BCUT2D eigenvalue weighted by atomic mass is 35.5. The molecule has 2 aromatic carbocycles. The second kappa shape index (κ2) is 12.1. The molecule has 3 aromatic rings. The summed E-state index contributed by atoms with van der Waals surface area (Å²) < 4.78 is 0. The molecule has 7 nitrogen and oxygen atoms in total. The van der Waals surface area contributed by atoms with Crippen LogP contribution in [0.5, 0.6) is 0 Å². The van der Waals surface area contributed by atoms with Gasteiger partial charge in [-0.25, -0.2) is 4.98 Å². The summed E-state index contributed by atoms with van der Waals surface area (Å²) in [6.07, 6.45) is 3.03. The van der Waals surface area contributed by atoms with Crippen LogP contribution in [0.2, 0.25) is 0 Å². The predicted octanol–water partition coefficient (Wildman–Crippen LogP) is 3.23. The van der Waals surface area contributed by atoms with Gasteiger partial charge >= 0.3 is 0 Å². The highest BCUT2D eigenvalue weighted by molar-refractivity contribution is 6.25. The van der Waals surface area contributed by atoms with Crippen molar-refractivity contribution >= 4 is 34.4 Å². The molecule has 2 amide bonds. The lowest BCUT2D eigenvalue weighted by Crippen LogP contribution is -2.46. The van der Waals surface area contributed by atoms with Crippen LogP contribution < -0.4 is 10.6 Å². The van der Waals surface area contributed by atoms with Crippen molar-refractivity contribution in [2.75, 3.05) is 7.05 Å². The molecule has 3 rings (SSSR count). The number of rotatable bonds is 10. The fraction of sp³-hybridized carbons (Fsp3) is 0.280. The van der Waals surface area contributed by atoms with E-state index < -0.39 is 24.0 Å². The van der Waals surface area contributed by atoms with Gasteiger partial charge in [0.1, 0.15) is 5.69 Å². The van der Waals surface area contributed by atoms with Crippen LogP contribution in [0, 0.1) is 5.92 Å². The second-order valence-electron chi connectivity index (χ2n) is 7.73. The number of halogens is 1. The highest BCUT2D eigenvalue weighted by Crippen LogP contribution is 2.18. The summed E-state index contributed by atoms with van der Waals surface area (Å²) in [6.45, 7) is 0. The minimum atomic E-state index is -0.978. The number of aromatic nitrogens is 2. The Balaban J connectivity index is 1.81. The van der Waals surface area contributed by atoms with Gasteiger partial charge in [-0.05, 0) is 37.0 Å². The van der Waals surface area contributed by atoms with Crippen molar-refractivity contribution in [3.63, 3.8) is 0 Å². The van der Waals surface area contributed by atoms with E-state index in [0.29, 0.717) is 23.9 Å². The van der Waals surface area contributed by atoms with Gasteiger partial charge in [0.2, 0.25) is 5.91 Å². The third-order valence-corrected chi connectivity index (χ3v) is 5.59. The largest absolute Gasteiger partial charge is 0.391 e. The van der Waals surface area contributed by atoms with E-state index in [1.807, 2.05) is 48.5 Å². The van der Waals surface area contributed by atoms with Gasteiger partial charge in [-0.3, -0.25) is 14.6 Å². The Hall–Kier alpha value is -3.29. The molecule has 0 fully saturated rings. The fourth-order valence-corrected chi connectivity index (χ4v) is 3.75. The molecule has 172 valence electrons. The molecule has 33 heavy (non-hydrogen) atoms. The number of amides is 2. The monoisotopic (exact) mass is 466 g/mol. The van der Waals surface area contributed by atoms with Gasteiger partial charge in [-0.15, -0.1) is 0 Å². The van der Waals surface area contributed by atoms with E-state index in [2.05, 4.69) is 20.6 Å². The van der Waals surface area contributed by atoms with Crippen molar-refractivity contribution in [3.8, 4) is 0 Å². The van der Waals surface area contributed by atoms with Crippen LogP contribution in [0.1, 0.15) is 28.9 Å². The SMILES string of the molecule is CNC(=O)[C@H](CC=CCl)C[C@H](O)[C@H](Cc1ccccc1)NC(=O)c1cnc2ccccc2n1. The molecule has 8 heteroatoms. The molecule has 0 saturated heterocycles. The minimum Gasteiger partial charge on any atom is -0.391 e. The highest BCUT2D eigenvalue weighted by Gasteiger charge is 2.28. The molecule has 1 aromatic heterocycles. The molecule has 0 unspecified atom stereocenters. The quantitative estimate of drug-likeness (QED) is 0.425. The second-order valence-corrected chi connectivity index (χ2v) is 7.98. The van der Waals surface area contributed by atoms with Crippen molar-refractivity contribution in [2.45, 2.75) is 31.4 Å². The van der Waals surface area contributed by atoms with Crippen LogP contribution in [0.15, 0.2) is 72.4 Å². The first kappa shape index (κ1) is 24.4. The molecule has 0 bridgehead atoms. The van der Waals surface area contributed by atoms with Crippen molar-refractivity contribution in [2.24, 2.45) is 5.92 Å². The average Bonchev–Trinajstić information content (AvgIpc) is 2.85. The predicted molar refractivity (Wildman–Crippen MR) is 129 cm³/mol. The Morgan fingerprint density at radius 2 is 1.79 bits per heavy atom. The zero-order valence-electron chi connectivity index (χ0n) is 18.3. The van der Waals surface area contributed by atoms with Gasteiger partial charge in [0, 0.05) is 18.5 Å². The van der Waals surface area contributed by atoms with Crippen LogP contribution in [0.4, 0.5) is 0 Å². The number of hydrogen-bond donors (Lipinski definition) is 3. The summed E-state index contributed by atoms with van der Waals surface area (Å²) in [5, 5.41) is 16.6. The maximum atomic E-state index is 13.0. The lowest BCUT2D eigenvalue weighted by atomic mass is 9.90. The number of benzene rings is 2. The molecule has 0 aliphatic rings. The summed E-state index contributed by atoms with van der Waals surface area (Å²) in [6, 6.07) is 16.2. The molecule has 3 N–H and O–H groups in total. The third-order valence-electron chi connectivity index (χ3n) is 5.41. The topological polar surface area (TPSA) is 104 Å². The molecular weight excluding hydrogens is 440 g/mol. The Morgan fingerprint density at radius 3 is 2.48 bits per heavy atom. The first-order valence-corrected chi connectivity index (χ1v) is 11.2. The number of para-hydroxylation sites is 2. The summed E-state index contributed by atoms with van der Waals surface area (Å²) in [7, 11) is 1.55. The van der Waals surface area contributed by atoms with Gasteiger partial charge in [-0.1, -0.05) is 60.1 Å². The molecule has 0 aliphatic carbocycles. The van der Waals surface area contributed by atoms with Crippen molar-refractivity contribution in [1.82, 2.24) is 20.6 Å². The molecule has 0 spiro atoms. The number of hydrogen-bond acceptors (Lipinski definition) is 5. The minimum absolute atomic E-state index is 0.155. The summed E-state index contributed by atoms with van der Waals surface area (Å²) >= 11 is 5.63. The van der Waals surface area contributed by atoms with Crippen molar-refractivity contribution < 1.29 is 14.7 Å². The van der Waals surface area contributed by atoms with Crippen LogP contribution in [-0.2, 0) is 11.2 Å². The zero-order valence-corrected chi connectivity index (χ0v) is 19.1. The molecule has 1 heterocycles. The first-order valence-electron chi connectivity index (χ1n) is 10.7. The number of fused-ring (bicyclic) bond motifs is 1. The van der Waals surface area contributed by atoms with E-state index in [1.165, 1.54) is 11.7 Å². The molecule has 3 atom stereocenters. The number of nitrogens with one attached hydrogen (secondary N) is 2. The first-order chi connectivity index (χ1) is 16.0. The molecular formula is C25H27ClN4O3. The van der Waals surface area contributed by atoms with Crippen LogP contribution in [0.3, 0.4) is 0 Å². The molecule has 0 aliphatic heterocycles. The average molecular weight is 467 g/mol. The molecule has 0 radical (unpaired) electrons. The maximum Gasteiger partial charge on any atom is 0.271 e. The number of aliphatic hydroxyl groups is 1. The number of carbonyl (C=O) groups is 2. The van der Waals surface area contributed by atoms with E-state index in [-0.39, 0.29) is 18.0 Å². The summed E-state index contributed by atoms with van der Waals surface area (Å²) in [4.78, 5) is 34.0. The van der Waals surface area contributed by atoms with Gasteiger partial charge < -0.3 is 15.7 Å². The van der Waals surface area contributed by atoms with Crippen molar-refractivity contribution in [1.29, 1.82) is 0 Å². The normalized spacial score (nSPS) is 14.0. The smallest absolute Gasteiger partial charge is 0.271 e. The Kier molecular flexibility index (Phi) is 8.92. The Morgan fingerprint density at radius 1 is 1.09 bits per heavy atom. The van der Waals surface area contributed by atoms with Gasteiger partial charge in [0.15, 0.2) is 0 Å². The zero-order chi connectivity index (χ0) is 23.6. The van der Waals surface area contributed by atoms with E-state index in [9.17, 15) is 14.7 Å². The standard InChI is InChI=1S/C25H27ClN4O3/c1-27-24(32)18(10-7-13-26)15-23(31)21(14-17-8-3-2-4-9-17)30-25(33)22-16-28-19-11-5-6-12-20(19)29-22/h2-9,11-13,16,18,21,23,31H,10,14-15H2,1H3,(H,27,32)(H,30,33)/t18-,21+,23+/m1/s1. The fourth-order valence-electron chi connectivity index (χ4n) is 3.65. The number of allylic oxidation sites excluding steroid dienone is 1. The lowest BCUT2D eigenvalue weighted by Gasteiger charge is -2.27. The van der Waals surface area contributed by atoms with Gasteiger partial charge in [-0.2, -0.15) is 0 Å². The van der Waals surface area contributed by atoms with Crippen LogP contribution in [0.25, 0.3) is 11.0 Å². The van der Waals surface area contributed by atoms with E-state index >= 15 is 0 Å². The summed E-state index contributed by atoms with van der Waals surface area (Å²) in [5.74, 6) is -1.13. The van der Waals surface area contributed by atoms with E-state index in [0.717, 1.165) is 5.56 Å². The maximum absolute atomic E-state index is 13.0. The van der Waals surface area contributed by atoms with Gasteiger partial charge in [0.05, 0.1) is 29.4 Å².